The van der Waals surface area contributed by atoms with E-state index in [2.05, 4.69) is 55.1 Å². The standard InChI is InChI=1S/C29H38N2O4/c1-6-7-21-8-9-24(28(14-21)33-4)19-35-26-12-13-27-20(2)23(11-10-22(27)15-26)16-31-17-25(18-31)29(32)30(3)34-5/h8-9,12-15,25H,6-7,10-11,16-19H2,1-5H3. The van der Waals surface area contributed by atoms with Crippen molar-refractivity contribution in [2.45, 2.75) is 46.1 Å². The SMILES string of the molecule is CCCc1ccc(COc2ccc3c(c2)CCC(CN2CC(C(=O)N(C)OC)C2)=C3C)c(OC)c1. The number of carbonyl (C=O) groups excluding carboxylic acids is 1. The molecule has 35 heavy (non-hydrogen) atoms. The number of fused-ring (bicyclic) bond motifs is 1. The summed E-state index contributed by atoms with van der Waals surface area (Å²) in [6.07, 6.45) is 4.23. The van der Waals surface area contributed by atoms with E-state index in [4.69, 9.17) is 14.3 Å². The summed E-state index contributed by atoms with van der Waals surface area (Å²) in [5.74, 6) is 1.88. The molecule has 0 atom stereocenters. The van der Waals surface area contributed by atoms with Crippen LogP contribution < -0.4 is 9.47 Å². The third kappa shape index (κ3) is 5.71. The van der Waals surface area contributed by atoms with Crippen molar-refractivity contribution in [3.63, 3.8) is 0 Å². The lowest BCUT2D eigenvalue weighted by Crippen LogP contribution is -2.54. The number of allylic oxidation sites excluding steroid dienone is 1. The second-order valence-electron chi connectivity index (χ2n) is 9.64. The third-order valence-corrected chi connectivity index (χ3v) is 7.30. The van der Waals surface area contributed by atoms with Gasteiger partial charge in [0.2, 0.25) is 0 Å². The average molecular weight is 479 g/mol. The zero-order valence-corrected chi connectivity index (χ0v) is 21.7. The molecule has 0 radical (unpaired) electrons. The molecule has 0 N–H and O–H groups in total. The van der Waals surface area contributed by atoms with Gasteiger partial charge in [-0.05, 0) is 66.6 Å². The largest absolute Gasteiger partial charge is 0.496 e. The van der Waals surface area contributed by atoms with Crippen molar-refractivity contribution in [2.75, 3.05) is 40.9 Å². The number of rotatable bonds is 10. The van der Waals surface area contributed by atoms with Gasteiger partial charge in [0, 0.05) is 32.2 Å². The number of ether oxygens (including phenoxy) is 2. The van der Waals surface area contributed by atoms with Gasteiger partial charge in [0.1, 0.15) is 18.1 Å². The topological polar surface area (TPSA) is 51.2 Å². The van der Waals surface area contributed by atoms with Crippen molar-refractivity contribution < 1.29 is 19.1 Å². The van der Waals surface area contributed by atoms with Crippen molar-refractivity contribution in [1.82, 2.24) is 9.96 Å². The highest BCUT2D eigenvalue weighted by atomic mass is 16.7. The van der Waals surface area contributed by atoms with Crippen molar-refractivity contribution in [2.24, 2.45) is 5.92 Å². The highest BCUT2D eigenvalue weighted by Gasteiger charge is 2.35. The predicted octanol–water partition coefficient (Wildman–Crippen LogP) is 4.90. The number of hydroxylamine groups is 2. The number of likely N-dealkylation sites (tertiary alicyclic amines) is 1. The maximum Gasteiger partial charge on any atom is 0.251 e. The lowest BCUT2D eigenvalue weighted by molar-refractivity contribution is -0.178. The van der Waals surface area contributed by atoms with Crippen LogP contribution in [0.3, 0.4) is 0 Å². The first-order valence-corrected chi connectivity index (χ1v) is 12.6. The lowest BCUT2D eigenvalue weighted by atomic mass is 9.85. The van der Waals surface area contributed by atoms with E-state index in [1.54, 1.807) is 14.2 Å². The van der Waals surface area contributed by atoms with Crippen LogP contribution in [-0.4, -0.2) is 56.8 Å². The molecule has 1 aliphatic heterocycles. The fourth-order valence-electron chi connectivity index (χ4n) is 5.08. The second kappa shape index (κ2) is 11.3. The summed E-state index contributed by atoms with van der Waals surface area (Å²) in [4.78, 5) is 19.6. The van der Waals surface area contributed by atoms with Crippen molar-refractivity contribution in [3.8, 4) is 11.5 Å². The summed E-state index contributed by atoms with van der Waals surface area (Å²) in [5, 5.41) is 1.33. The Balaban J connectivity index is 1.37. The summed E-state index contributed by atoms with van der Waals surface area (Å²) in [6, 6.07) is 12.9. The van der Waals surface area contributed by atoms with Gasteiger partial charge < -0.3 is 9.47 Å². The van der Waals surface area contributed by atoms with Gasteiger partial charge in [-0.25, -0.2) is 5.06 Å². The van der Waals surface area contributed by atoms with Gasteiger partial charge in [-0.2, -0.15) is 0 Å². The van der Waals surface area contributed by atoms with Crippen LogP contribution in [0.2, 0.25) is 0 Å². The molecule has 0 aromatic heterocycles. The van der Waals surface area contributed by atoms with Gasteiger partial charge in [0.05, 0.1) is 20.1 Å². The fraction of sp³-hybridized carbons (Fsp3) is 0.483. The highest BCUT2D eigenvalue weighted by molar-refractivity contribution is 5.79. The molecule has 1 aliphatic carbocycles. The number of carbonyl (C=O) groups is 1. The molecule has 4 rings (SSSR count). The molecule has 0 bridgehead atoms. The number of hydrogen-bond acceptors (Lipinski definition) is 5. The smallest absolute Gasteiger partial charge is 0.251 e. The van der Waals surface area contributed by atoms with Gasteiger partial charge in [0.25, 0.3) is 5.91 Å². The minimum Gasteiger partial charge on any atom is -0.496 e. The van der Waals surface area contributed by atoms with E-state index >= 15 is 0 Å². The van der Waals surface area contributed by atoms with Crippen LogP contribution in [0.15, 0.2) is 42.0 Å². The molecular weight excluding hydrogens is 440 g/mol. The Morgan fingerprint density at radius 1 is 1.11 bits per heavy atom. The number of methoxy groups -OCH3 is 1. The first-order valence-electron chi connectivity index (χ1n) is 12.6. The zero-order chi connectivity index (χ0) is 24.9. The summed E-state index contributed by atoms with van der Waals surface area (Å²) >= 11 is 0. The van der Waals surface area contributed by atoms with E-state index < -0.39 is 0 Å². The maximum atomic E-state index is 12.2. The molecule has 188 valence electrons. The van der Waals surface area contributed by atoms with Crippen LogP contribution in [0.25, 0.3) is 5.57 Å². The number of benzene rings is 2. The summed E-state index contributed by atoms with van der Waals surface area (Å²) in [7, 11) is 4.92. The monoisotopic (exact) mass is 478 g/mol. The number of hydrogen-bond donors (Lipinski definition) is 0. The Bertz CT molecular complexity index is 1090. The maximum absolute atomic E-state index is 12.2. The number of aryl methyl sites for hydroxylation is 2. The Hall–Kier alpha value is -2.83. The Labute approximate surface area is 209 Å². The van der Waals surface area contributed by atoms with Gasteiger partial charge in [-0.1, -0.05) is 37.1 Å². The first kappa shape index (κ1) is 25.3. The molecule has 1 saturated heterocycles. The van der Waals surface area contributed by atoms with E-state index in [-0.39, 0.29) is 11.8 Å². The summed E-state index contributed by atoms with van der Waals surface area (Å²) in [6.45, 7) is 7.42. The van der Waals surface area contributed by atoms with Gasteiger partial charge >= 0.3 is 0 Å². The molecular formula is C29H38N2O4. The van der Waals surface area contributed by atoms with E-state index in [1.165, 1.54) is 40.0 Å². The van der Waals surface area contributed by atoms with Crippen molar-refractivity contribution >= 4 is 11.5 Å². The van der Waals surface area contributed by atoms with Crippen LogP contribution >= 0.6 is 0 Å². The molecule has 0 spiro atoms. The molecule has 1 fully saturated rings. The lowest BCUT2D eigenvalue weighted by Gasteiger charge is -2.40. The molecule has 2 aromatic rings. The van der Waals surface area contributed by atoms with Gasteiger partial charge in [-0.3, -0.25) is 14.5 Å². The van der Waals surface area contributed by atoms with Crippen molar-refractivity contribution in [3.05, 3.63) is 64.2 Å². The third-order valence-electron chi connectivity index (χ3n) is 7.30. The van der Waals surface area contributed by atoms with Crippen LogP contribution in [0.4, 0.5) is 0 Å². The van der Waals surface area contributed by atoms with Gasteiger partial charge in [-0.15, -0.1) is 0 Å². The van der Waals surface area contributed by atoms with Crippen LogP contribution in [0, 0.1) is 5.92 Å². The molecule has 6 heteroatoms. The van der Waals surface area contributed by atoms with Crippen LogP contribution in [-0.2, 0) is 29.1 Å². The molecule has 1 heterocycles. The number of nitrogens with zero attached hydrogens (tertiary/aromatic N) is 2. The minimum atomic E-state index is 0.0397. The Morgan fingerprint density at radius 3 is 2.63 bits per heavy atom. The first-order chi connectivity index (χ1) is 16.9. The molecule has 2 aromatic carbocycles. The molecule has 0 unspecified atom stereocenters. The zero-order valence-electron chi connectivity index (χ0n) is 21.7. The summed E-state index contributed by atoms with van der Waals surface area (Å²) in [5.41, 5.74) is 7.83. The van der Waals surface area contributed by atoms with Crippen molar-refractivity contribution in [1.29, 1.82) is 0 Å². The van der Waals surface area contributed by atoms with E-state index in [0.717, 1.165) is 62.4 Å². The fourth-order valence-corrected chi connectivity index (χ4v) is 5.08. The average Bonchev–Trinajstić information content (AvgIpc) is 2.85. The number of amides is 1. The van der Waals surface area contributed by atoms with E-state index in [1.807, 2.05) is 0 Å². The van der Waals surface area contributed by atoms with Crippen LogP contribution in [0.1, 0.15) is 48.9 Å². The highest BCUT2D eigenvalue weighted by Crippen LogP contribution is 2.35. The Morgan fingerprint density at radius 2 is 1.91 bits per heavy atom. The summed E-state index contributed by atoms with van der Waals surface area (Å²) < 4.78 is 11.8. The van der Waals surface area contributed by atoms with Crippen LogP contribution in [0.5, 0.6) is 11.5 Å². The quantitative estimate of drug-likeness (QED) is 0.455. The normalized spacial score (nSPS) is 16.0. The molecule has 1 amide bonds. The molecule has 6 nitrogen and oxygen atoms in total. The Kier molecular flexibility index (Phi) is 8.14. The van der Waals surface area contributed by atoms with E-state index in [0.29, 0.717) is 6.61 Å². The molecule has 0 saturated carbocycles. The second-order valence-corrected chi connectivity index (χ2v) is 9.64. The molecule has 2 aliphatic rings. The predicted molar refractivity (Wildman–Crippen MR) is 138 cm³/mol. The van der Waals surface area contributed by atoms with Gasteiger partial charge in [0.15, 0.2) is 0 Å². The minimum absolute atomic E-state index is 0.0397. The van der Waals surface area contributed by atoms with E-state index in [9.17, 15) is 4.79 Å².